The Morgan fingerprint density at radius 1 is 1.41 bits per heavy atom. The average molecular weight is 235 g/mol. The van der Waals surface area contributed by atoms with Crippen molar-refractivity contribution in [1.29, 1.82) is 0 Å². The standard InChI is InChI=1S/C13H17NO3/c1-9(15)12-3-2-8-14(12)11-6-4-10(5-7-11)13(16)17/h4-7,9,12,15H,2-3,8H2,1H3,(H,16,17)/t9-,12-/m0/s1. The Balaban J connectivity index is 2.19. The molecular formula is C13H17NO3. The van der Waals surface area contributed by atoms with Gasteiger partial charge in [-0.1, -0.05) is 0 Å². The van der Waals surface area contributed by atoms with Crippen LogP contribution in [0.5, 0.6) is 0 Å². The molecule has 92 valence electrons. The van der Waals surface area contributed by atoms with Crippen LogP contribution in [0.15, 0.2) is 24.3 Å². The minimum absolute atomic E-state index is 0.144. The summed E-state index contributed by atoms with van der Waals surface area (Å²) in [5.41, 5.74) is 1.28. The lowest BCUT2D eigenvalue weighted by Crippen LogP contribution is -2.37. The zero-order valence-electron chi connectivity index (χ0n) is 9.84. The first-order chi connectivity index (χ1) is 8.09. The molecule has 1 aliphatic rings. The summed E-state index contributed by atoms with van der Waals surface area (Å²) >= 11 is 0. The van der Waals surface area contributed by atoms with Gasteiger partial charge in [-0.25, -0.2) is 4.79 Å². The van der Waals surface area contributed by atoms with Crippen LogP contribution in [0.4, 0.5) is 5.69 Å². The third-order valence-corrected chi connectivity index (χ3v) is 3.30. The monoisotopic (exact) mass is 235 g/mol. The van der Waals surface area contributed by atoms with Crippen LogP contribution >= 0.6 is 0 Å². The molecule has 1 aromatic rings. The van der Waals surface area contributed by atoms with Crippen molar-refractivity contribution in [2.75, 3.05) is 11.4 Å². The van der Waals surface area contributed by atoms with Crippen molar-refractivity contribution < 1.29 is 15.0 Å². The molecule has 1 fully saturated rings. The van der Waals surface area contributed by atoms with Gasteiger partial charge in [-0.15, -0.1) is 0 Å². The Bertz CT molecular complexity index is 400. The van der Waals surface area contributed by atoms with Crippen molar-refractivity contribution in [1.82, 2.24) is 0 Å². The largest absolute Gasteiger partial charge is 0.478 e. The molecule has 0 bridgehead atoms. The van der Waals surface area contributed by atoms with Crippen LogP contribution in [0.1, 0.15) is 30.1 Å². The molecule has 2 N–H and O–H groups in total. The Labute approximate surface area is 100 Å². The molecule has 1 aromatic carbocycles. The fourth-order valence-corrected chi connectivity index (χ4v) is 2.41. The van der Waals surface area contributed by atoms with Crippen LogP contribution < -0.4 is 4.90 Å². The number of carbonyl (C=O) groups is 1. The fourth-order valence-electron chi connectivity index (χ4n) is 2.41. The maximum Gasteiger partial charge on any atom is 0.335 e. The number of carboxylic acids is 1. The highest BCUT2D eigenvalue weighted by molar-refractivity contribution is 5.88. The molecule has 2 rings (SSSR count). The molecule has 2 atom stereocenters. The number of aromatic carboxylic acids is 1. The van der Waals surface area contributed by atoms with Gasteiger partial charge in [-0.05, 0) is 44.0 Å². The van der Waals surface area contributed by atoms with Gasteiger partial charge in [-0.2, -0.15) is 0 Å². The predicted molar refractivity (Wildman–Crippen MR) is 65.5 cm³/mol. The Morgan fingerprint density at radius 2 is 2.06 bits per heavy atom. The number of rotatable bonds is 3. The molecule has 1 heterocycles. The molecule has 1 saturated heterocycles. The van der Waals surface area contributed by atoms with Crippen molar-refractivity contribution >= 4 is 11.7 Å². The second kappa shape index (κ2) is 4.75. The van der Waals surface area contributed by atoms with Gasteiger partial charge < -0.3 is 15.1 Å². The fraction of sp³-hybridized carbons (Fsp3) is 0.462. The van der Waals surface area contributed by atoms with E-state index in [9.17, 15) is 9.90 Å². The number of anilines is 1. The topological polar surface area (TPSA) is 60.8 Å². The SMILES string of the molecule is C[C@H](O)[C@@H]1CCCN1c1ccc(C(=O)O)cc1. The zero-order valence-corrected chi connectivity index (χ0v) is 9.84. The number of aliphatic hydroxyl groups excluding tert-OH is 1. The van der Waals surface area contributed by atoms with E-state index < -0.39 is 5.97 Å². The number of carboxylic acid groups (broad SMARTS) is 1. The van der Waals surface area contributed by atoms with Gasteiger partial charge in [0.1, 0.15) is 0 Å². The molecule has 0 amide bonds. The van der Waals surface area contributed by atoms with Crippen LogP contribution in [0.3, 0.4) is 0 Å². The minimum atomic E-state index is -0.912. The van der Waals surface area contributed by atoms with E-state index in [-0.39, 0.29) is 12.1 Å². The van der Waals surface area contributed by atoms with Crippen LogP contribution in [0.25, 0.3) is 0 Å². The first kappa shape index (κ1) is 11.9. The van der Waals surface area contributed by atoms with Gasteiger partial charge in [0.15, 0.2) is 0 Å². The first-order valence-electron chi connectivity index (χ1n) is 5.87. The van der Waals surface area contributed by atoms with Gasteiger partial charge in [0, 0.05) is 12.2 Å². The van der Waals surface area contributed by atoms with Gasteiger partial charge in [0.05, 0.1) is 17.7 Å². The average Bonchev–Trinajstić information content (AvgIpc) is 2.78. The number of nitrogens with zero attached hydrogens (tertiary/aromatic N) is 1. The highest BCUT2D eigenvalue weighted by Crippen LogP contribution is 2.27. The van der Waals surface area contributed by atoms with Crippen LogP contribution in [-0.4, -0.2) is 34.9 Å². The normalized spacial score (nSPS) is 21.5. The Hall–Kier alpha value is -1.55. The summed E-state index contributed by atoms with van der Waals surface area (Å²) in [4.78, 5) is 12.9. The van der Waals surface area contributed by atoms with Crippen LogP contribution in [-0.2, 0) is 0 Å². The molecular weight excluding hydrogens is 218 g/mol. The van der Waals surface area contributed by atoms with E-state index >= 15 is 0 Å². The molecule has 0 aromatic heterocycles. The molecule has 0 spiro atoms. The highest BCUT2D eigenvalue weighted by Gasteiger charge is 2.28. The van der Waals surface area contributed by atoms with Crippen molar-refractivity contribution in [3.05, 3.63) is 29.8 Å². The highest BCUT2D eigenvalue weighted by atomic mass is 16.4. The van der Waals surface area contributed by atoms with Gasteiger partial charge in [-0.3, -0.25) is 0 Å². The summed E-state index contributed by atoms with van der Waals surface area (Å²) in [6.07, 6.45) is 1.69. The number of benzene rings is 1. The molecule has 17 heavy (non-hydrogen) atoms. The van der Waals surface area contributed by atoms with Crippen LogP contribution in [0.2, 0.25) is 0 Å². The molecule has 0 aliphatic carbocycles. The molecule has 0 saturated carbocycles. The zero-order chi connectivity index (χ0) is 12.4. The van der Waals surface area contributed by atoms with Crippen LogP contribution in [0, 0.1) is 0 Å². The van der Waals surface area contributed by atoms with Crippen molar-refractivity contribution in [2.24, 2.45) is 0 Å². The summed E-state index contributed by atoms with van der Waals surface area (Å²) in [5.74, 6) is -0.912. The smallest absolute Gasteiger partial charge is 0.335 e. The summed E-state index contributed by atoms with van der Waals surface area (Å²) in [5, 5.41) is 18.5. The quantitative estimate of drug-likeness (QED) is 0.837. The summed E-state index contributed by atoms with van der Waals surface area (Å²) in [6.45, 7) is 2.72. The summed E-state index contributed by atoms with van der Waals surface area (Å²) in [6, 6.07) is 6.98. The summed E-state index contributed by atoms with van der Waals surface area (Å²) in [7, 11) is 0. The second-order valence-electron chi connectivity index (χ2n) is 4.50. The van der Waals surface area contributed by atoms with Crippen molar-refractivity contribution in [3.63, 3.8) is 0 Å². The number of hydrogen-bond acceptors (Lipinski definition) is 3. The lowest BCUT2D eigenvalue weighted by molar-refractivity contribution is 0.0697. The first-order valence-corrected chi connectivity index (χ1v) is 5.87. The van der Waals surface area contributed by atoms with Gasteiger partial charge >= 0.3 is 5.97 Å². The lowest BCUT2D eigenvalue weighted by atomic mass is 10.1. The molecule has 4 heteroatoms. The Morgan fingerprint density at radius 3 is 2.59 bits per heavy atom. The van der Waals surface area contributed by atoms with Crippen molar-refractivity contribution in [2.45, 2.75) is 31.9 Å². The molecule has 1 aliphatic heterocycles. The van der Waals surface area contributed by atoms with E-state index in [0.29, 0.717) is 5.56 Å². The van der Waals surface area contributed by atoms with Gasteiger partial charge in [0.2, 0.25) is 0 Å². The van der Waals surface area contributed by atoms with E-state index in [2.05, 4.69) is 4.90 Å². The maximum atomic E-state index is 10.8. The van der Waals surface area contributed by atoms with E-state index in [0.717, 1.165) is 25.1 Å². The Kier molecular flexibility index (Phi) is 3.33. The van der Waals surface area contributed by atoms with E-state index in [1.165, 1.54) is 0 Å². The lowest BCUT2D eigenvalue weighted by Gasteiger charge is -2.28. The van der Waals surface area contributed by atoms with Crippen molar-refractivity contribution in [3.8, 4) is 0 Å². The minimum Gasteiger partial charge on any atom is -0.478 e. The third kappa shape index (κ3) is 2.42. The molecule has 4 nitrogen and oxygen atoms in total. The summed E-state index contributed by atoms with van der Waals surface area (Å²) < 4.78 is 0. The number of hydrogen-bond donors (Lipinski definition) is 2. The predicted octanol–water partition coefficient (Wildman–Crippen LogP) is 1.73. The van der Waals surface area contributed by atoms with E-state index in [1.807, 2.05) is 12.1 Å². The maximum absolute atomic E-state index is 10.8. The van der Waals surface area contributed by atoms with E-state index in [4.69, 9.17) is 5.11 Å². The van der Waals surface area contributed by atoms with E-state index in [1.54, 1.807) is 19.1 Å². The molecule has 0 radical (unpaired) electrons. The van der Waals surface area contributed by atoms with Gasteiger partial charge in [0.25, 0.3) is 0 Å². The molecule has 0 unspecified atom stereocenters. The number of aliphatic hydroxyl groups is 1. The second-order valence-corrected chi connectivity index (χ2v) is 4.50. The third-order valence-electron chi connectivity index (χ3n) is 3.30.